The summed E-state index contributed by atoms with van der Waals surface area (Å²) >= 11 is 0. The zero-order chi connectivity index (χ0) is 9.94. The molecule has 0 amide bonds. The Morgan fingerprint density at radius 3 is 2.85 bits per heavy atom. The minimum absolute atomic E-state index is 0.244. The standard InChI is InChI=1S/C10H19NO2/c1-3-7-10(12)13-9-6-5-8-11-4-2/h3,7,11H,4-6,8-9H2,1-2H3. The normalized spacial score (nSPS) is 10.6. The predicted molar refractivity (Wildman–Crippen MR) is 53.6 cm³/mol. The Balaban J connectivity index is 3.11. The van der Waals surface area contributed by atoms with Gasteiger partial charge in [-0.05, 0) is 32.9 Å². The van der Waals surface area contributed by atoms with Crippen molar-refractivity contribution in [2.24, 2.45) is 0 Å². The van der Waals surface area contributed by atoms with E-state index in [9.17, 15) is 4.79 Å². The first-order valence-electron chi connectivity index (χ1n) is 4.81. The molecule has 0 saturated heterocycles. The fraction of sp³-hybridized carbons (Fsp3) is 0.700. The van der Waals surface area contributed by atoms with Crippen molar-refractivity contribution in [2.75, 3.05) is 19.7 Å². The molecule has 3 heteroatoms. The van der Waals surface area contributed by atoms with Gasteiger partial charge in [0, 0.05) is 6.08 Å². The molecule has 0 fully saturated rings. The van der Waals surface area contributed by atoms with E-state index < -0.39 is 0 Å². The predicted octanol–water partition coefficient (Wildman–Crippen LogP) is 1.50. The van der Waals surface area contributed by atoms with E-state index in [1.54, 1.807) is 13.0 Å². The van der Waals surface area contributed by atoms with Crippen LogP contribution in [0.3, 0.4) is 0 Å². The van der Waals surface area contributed by atoms with Crippen molar-refractivity contribution in [3.05, 3.63) is 12.2 Å². The van der Waals surface area contributed by atoms with Gasteiger partial charge in [-0.15, -0.1) is 0 Å². The van der Waals surface area contributed by atoms with Gasteiger partial charge in [-0.3, -0.25) is 0 Å². The van der Waals surface area contributed by atoms with Crippen LogP contribution in [0.25, 0.3) is 0 Å². The van der Waals surface area contributed by atoms with E-state index in [1.165, 1.54) is 6.08 Å². The maximum Gasteiger partial charge on any atom is 0.330 e. The van der Waals surface area contributed by atoms with Crippen LogP contribution in [-0.2, 0) is 9.53 Å². The highest BCUT2D eigenvalue weighted by Crippen LogP contribution is 1.90. The van der Waals surface area contributed by atoms with Gasteiger partial charge in [0.2, 0.25) is 0 Å². The van der Waals surface area contributed by atoms with E-state index >= 15 is 0 Å². The lowest BCUT2D eigenvalue weighted by Crippen LogP contribution is -2.14. The third-order valence-electron chi connectivity index (χ3n) is 1.54. The van der Waals surface area contributed by atoms with Crippen LogP contribution >= 0.6 is 0 Å². The molecule has 3 nitrogen and oxygen atoms in total. The number of rotatable bonds is 7. The molecular weight excluding hydrogens is 166 g/mol. The van der Waals surface area contributed by atoms with Gasteiger partial charge in [0.25, 0.3) is 0 Å². The molecule has 0 heterocycles. The highest BCUT2D eigenvalue weighted by atomic mass is 16.5. The van der Waals surface area contributed by atoms with Crippen LogP contribution in [0.1, 0.15) is 26.7 Å². The topological polar surface area (TPSA) is 38.3 Å². The summed E-state index contributed by atoms with van der Waals surface area (Å²) in [4.78, 5) is 10.8. The van der Waals surface area contributed by atoms with Crippen LogP contribution in [0, 0.1) is 0 Å². The lowest BCUT2D eigenvalue weighted by Gasteiger charge is -2.02. The van der Waals surface area contributed by atoms with E-state index in [-0.39, 0.29) is 5.97 Å². The van der Waals surface area contributed by atoms with Crippen molar-refractivity contribution < 1.29 is 9.53 Å². The summed E-state index contributed by atoms with van der Waals surface area (Å²) in [6.07, 6.45) is 5.10. The van der Waals surface area contributed by atoms with Crippen molar-refractivity contribution in [1.82, 2.24) is 5.32 Å². The first-order chi connectivity index (χ1) is 6.31. The minimum atomic E-state index is -0.244. The minimum Gasteiger partial charge on any atom is -0.463 e. The zero-order valence-electron chi connectivity index (χ0n) is 8.51. The van der Waals surface area contributed by atoms with Gasteiger partial charge in [0.15, 0.2) is 0 Å². The van der Waals surface area contributed by atoms with Crippen molar-refractivity contribution in [2.45, 2.75) is 26.7 Å². The number of hydrogen-bond acceptors (Lipinski definition) is 3. The Morgan fingerprint density at radius 2 is 2.23 bits per heavy atom. The molecule has 0 spiro atoms. The summed E-state index contributed by atoms with van der Waals surface area (Å²) in [5, 5.41) is 3.21. The monoisotopic (exact) mass is 185 g/mol. The summed E-state index contributed by atoms with van der Waals surface area (Å²) in [6.45, 7) is 6.39. The number of allylic oxidation sites excluding steroid dienone is 1. The molecular formula is C10H19NO2. The van der Waals surface area contributed by atoms with E-state index in [4.69, 9.17) is 4.74 Å². The summed E-state index contributed by atoms with van der Waals surface area (Å²) < 4.78 is 4.91. The average molecular weight is 185 g/mol. The van der Waals surface area contributed by atoms with Gasteiger partial charge >= 0.3 is 5.97 Å². The Kier molecular flexibility index (Phi) is 8.67. The molecule has 0 aliphatic carbocycles. The van der Waals surface area contributed by atoms with Gasteiger partial charge in [-0.1, -0.05) is 13.0 Å². The lowest BCUT2D eigenvalue weighted by atomic mass is 10.3. The molecule has 0 aromatic rings. The van der Waals surface area contributed by atoms with Crippen molar-refractivity contribution >= 4 is 5.97 Å². The Morgan fingerprint density at radius 1 is 1.46 bits per heavy atom. The van der Waals surface area contributed by atoms with Gasteiger partial charge in [0.1, 0.15) is 0 Å². The van der Waals surface area contributed by atoms with Gasteiger partial charge in [-0.25, -0.2) is 4.79 Å². The van der Waals surface area contributed by atoms with Crippen LogP contribution in [0.4, 0.5) is 0 Å². The number of nitrogens with one attached hydrogen (secondary N) is 1. The Bertz CT molecular complexity index is 155. The Hall–Kier alpha value is -0.830. The number of carbonyl (C=O) groups is 1. The number of ether oxygens (including phenoxy) is 1. The van der Waals surface area contributed by atoms with E-state index in [2.05, 4.69) is 12.2 Å². The van der Waals surface area contributed by atoms with Gasteiger partial charge in [0.05, 0.1) is 6.61 Å². The largest absolute Gasteiger partial charge is 0.463 e. The third-order valence-corrected chi connectivity index (χ3v) is 1.54. The summed E-state index contributed by atoms with van der Waals surface area (Å²) in [7, 11) is 0. The van der Waals surface area contributed by atoms with E-state index in [0.717, 1.165) is 25.9 Å². The quantitative estimate of drug-likeness (QED) is 0.371. The molecule has 0 aliphatic rings. The van der Waals surface area contributed by atoms with Crippen LogP contribution in [0.2, 0.25) is 0 Å². The number of carbonyl (C=O) groups excluding carboxylic acids is 1. The second kappa shape index (κ2) is 9.26. The van der Waals surface area contributed by atoms with Crippen LogP contribution in [-0.4, -0.2) is 25.7 Å². The third kappa shape index (κ3) is 9.08. The average Bonchev–Trinajstić information content (AvgIpc) is 2.11. The van der Waals surface area contributed by atoms with E-state index in [1.807, 2.05) is 0 Å². The molecule has 13 heavy (non-hydrogen) atoms. The molecule has 0 aromatic carbocycles. The number of esters is 1. The lowest BCUT2D eigenvalue weighted by molar-refractivity contribution is -0.137. The van der Waals surface area contributed by atoms with E-state index in [0.29, 0.717) is 6.61 Å². The van der Waals surface area contributed by atoms with Crippen molar-refractivity contribution in [3.8, 4) is 0 Å². The molecule has 0 atom stereocenters. The molecule has 0 saturated carbocycles. The highest BCUT2D eigenvalue weighted by molar-refractivity contribution is 5.81. The van der Waals surface area contributed by atoms with Gasteiger partial charge < -0.3 is 10.1 Å². The molecule has 0 aliphatic heterocycles. The molecule has 0 aromatic heterocycles. The van der Waals surface area contributed by atoms with Crippen LogP contribution in [0.5, 0.6) is 0 Å². The van der Waals surface area contributed by atoms with Crippen LogP contribution in [0.15, 0.2) is 12.2 Å². The molecule has 1 N–H and O–H groups in total. The first-order valence-corrected chi connectivity index (χ1v) is 4.81. The second-order valence-corrected chi connectivity index (χ2v) is 2.73. The second-order valence-electron chi connectivity index (χ2n) is 2.73. The smallest absolute Gasteiger partial charge is 0.330 e. The fourth-order valence-corrected chi connectivity index (χ4v) is 0.886. The molecule has 0 rings (SSSR count). The first kappa shape index (κ1) is 12.2. The maximum atomic E-state index is 10.8. The maximum absolute atomic E-state index is 10.8. The fourth-order valence-electron chi connectivity index (χ4n) is 0.886. The summed E-state index contributed by atoms with van der Waals surface area (Å²) in [5.41, 5.74) is 0. The van der Waals surface area contributed by atoms with Crippen LogP contribution < -0.4 is 5.32 Å². The molecule has 76 valence electrons. The summed E-state index contributed by atoms with van der Waals surface area (Å²) in [5.74, 6) is -0.244. The highest BCUT2D eigenvalue weighted by Gasteiger charge is 1.94. The number of unbranched alkanes of at least 4 members (excludes halogenated alkanes) is 1. The molecule has 0 unspecified atom stereocenters. The van der Waals surface area contributed by atoms with Crippen molar-refractivity contribution in [3.63, 3.8) is 0 Å². The Labute approximate surface area is 80.2 Å². The van der Waals surface area contributed by atoms with Gasteiger partial charge in [-0.2, -0.15) is 0 Å². The summed E-state index contributed by atoms with van der Waals surface area (Å²) in [6, 6.07) is 0. The zero-order valence-corrected chi connectivity index (χ0v) is 8.51. The number of hydrogen-bond donors (Lipinski definition) is 1. The molecule has 0 radical (unpaired) electrons. The molecule has 0 bridgehead atoms. The SMILES string of the molecule is CC=CC(=O)OCCCCNCC. The van der Waals surface area contributed by atoms with Crippen molar-refractivity contribution in [1.29, 1.82) is 0 Å².